The molecule has 0 unspecified atom stereocenters. The predicted octanol–water partition coefficient (Wildman–Crippen LogP) is 4.34. The molecule has 2 heteroatoms. The molecule has 0 saturated heterocycles. The van der Waals surface area contributed by atoms with Gasteiger partial charge < -0.3 is 5.11 Å². The largest absolute Gasteiger partial charge is 0.507 e. The molecule has 1 aromatic rings. The van der Waals surface area contributed by atoms with Crippen LogP contribution < -0.4 is 0 Å². The number of phenols is 1. The van der Waals surface area contributed by atoms with Crippen LogP contribution in [0.25, 0.3) is 0 Å². The van der Waals surface area contributed by atoms with Crippen LogP contribution in [-0.4, -0.2) is 5.11 Å². The third-order valence-corrected chi connectivity index (χ3v) is 4.17. The van der Waals surface area contributed by atoms with Crippen LogP contribution in [0, 0.1) is 17.2 Å². The maximum absolute atomic E-state index is 9.74. The van der Waals surface area contributed by atoms with E-state index in [0.29, 0.717) is 11.5 Å². The van der Waals surface area contributed by atoms with E-state index in [0.717, 1.165) is 24.3 Å². The molecule has 0 spiro atoms. The first-order chi connectivity index (χ1) is 8.76. The molecular formula is C16H21NO. The van der Waals surface area contributed by atoms with E-state index >= 15 is 0 Å². The SMILES string of the molecule is CCC[C@H]1CC[C@H](c2cccc(O)c2C#N)CC1. The van der Waals surface area contributed by atoms with Gasteiger partial charge in [0, 0.05) is 0 Å². The molecule has 96 valence electrons. The average molecular weight is 243 g/mol. The lowest BCUT2D eigenvalue weighted by Gasteiger charge is -2.29. The number of benzene rings is 1. The Balaban J connectivity index is 2.10. The maximum atomic E-state index is 9.74. The highest BCUT2D eigenvalue weighted by atomic mass is 16.3. The Morgan fingerprint density at radius 2 is 2.00 bits per heavy atom. The van der Waals surface area contributed by atoms with Gasteiger partial charge in [0.1, 0.15) is 11.8 Å². The minimum atomic E-state index is 0.130. The predicted molar refractivity (Wildman–Crippen MR) is 72.4 cm³/mol. The highest BCUT2D eigenvalue weighted by Crippen LogP contribution is 2.39. The smallest absolute Gasteiger partial charge is 0.133 e. The Hall–Kier alpha value is -1.49. The molecule has 0 bridgehead atoms. The standard InChI is InChI=1S/C16H21NO/c1-2-4-12-7-9-13(10-8-12)14-5-3-6-16(18)15(14)11-17/h3,5-6,12-13,18H,2,4,7-10H2,1H3/t12-,13-. The van der Waals surface area contributed by atoms with Crippen LogP contribution in [0.15, 0.2) is 18.2 Å². The van der Waals surface area contributed by atoms with Crippen molar-refractivity contribution in [3.8, 4) is 11.8 Å². The summed E-state index contributed by atoms with van der Waals surface area (Å²) < 4.78 is 0. The van der Waals surface area contributed by atoms with Crippen molar-refractivity contribution in [2.45, 2.75) is 51.4 Å². The van der Waals surface area contributed by atoms with Gasteiger partial charge in [-0.1, -0.05) is 31.9 Å². The Kier molecular flexibility index (Phi) is 4.25. The Bertz CT molecular complexity index is 439. The van der Waals surface area contributed by atoms with E-state index in [9.17, 15) is 5.11 Å². The molecule has 2 rings (SSSR count). The second-order valence-electron chi connectivity index (χ2n) is 5.36. The topological polar surface area (TPSA) is 44.0 Å². The molecule has 1 aliphatic rings. The van der Waals surface area contributed by atoms with Crippen molar-refractivity contribution in [2.24, 2.45) is 5.92 Å². The van der Waals surface area contributed by atoms with Gasteiger partial charge in [-0.15, -0.1) is 0 Å². The first-order valence-corrected chi connectivity index (χ1v) is 6.98. The molecule has 2 nitrogen and oxygen atoms in total. The van der Waals surface area contributed by atoms with Gasteiger partial charge in [-0.3, -0.25) is 0 Å². The fourth-order valence-corrected chi connectivity index (χ4v) is 3.19. The molecule has 18 heavy (non-hydrogen) atoms. The Labute approximate surface area is 109 Å². The molecule has 0 aliphatic heterocycles. The summed E-state index contributed by atoms with van der Waals surface area (Å²) in [6.07, 6.45) is 7.44. The van der Waals surface area contributed by atoms with Crippen molar-refractivity contribution in [1.29, 1.82) is 5.26 Å². The number of nitrogens with zero attached hydrogens (tertiary/aromatic N) is 1. The first kappa shape index (κ1) is 13.0. The van der Waals surface area contributed by atoms with Crippen molar-refractivity contribution in [3.05, 3.63) is 29.3 Å². The van der Waals surface area contributed by atoms with E-state index in [-0.39, 0.29) is 5.75 Å². The van der Waals surface area contributed by atoms with E-state index in [2.05, 4.69) is 13.0 Å². The minimum Gasteiger partial charge on any atom is -0.507 e. The van der Waals surface area contributed by atoms with Crippen LogP contribution in [0.5, 0.6) is 5.75 Å². The highest BCUT2D eigenvalue weighted by molar-refractivity contribution is 5.49. The number of hydrogen-bond acceptors (Lipinski definition) is 2. The summed E-state index contributed by atoms with van der Waals surface area (Å²) in [5.74, 6) is 1.46. The van der Waals surface area contributed by atoms with Crippen LogP contribution in [0.2, 0.25) is 0 Å². The fourth-order valence-electron chi connectivity index (χ4n) is 3.19. The van der Waals surface area contributed by atoms with Crippen LogP contribution in [0.1, 0.15) is 62.5 Å². The molecule has 0 amide bonds. The van der Waals surface area contributed by atoms with E-state index in [1.165, 1.54) is 25.7 Å². The summed E-state index contributed by atoms with van der Waals surface area (Å²) >= 11 is 0. The second-order valence-corrected chi connectivity index (χ2v) is 5.36. The third-order valence-electron chi connectivity index (χ3n) is 4.17. The molecule has 1 N–H and O–H groups in total. The molecule has 1 aromatic carbocycles. The zero-order chi connectivity index (χ0) is 13.0. The van der Waals surface area contributed by atoms with Gasteiger partial charge in [-0.25, -0.2) is 0 Å². The van der Waals surface area contributed by atoms with Crippen molar-refractivity contribution >= 4 is 0 Å². The molecule has 1 aliphatic carbocycles. The van der Waals surface area contributed by atoms with Gasteiger partial charge in [-0.2, -0.15) is 5.26 Å². The molecule has 0 heterocycles. The molecule has 0 aromatic heterocycles. The van der Waals surface area contributed by atoms with Crippen molar-refractivity contribution in [3.63, 3.8) is 0 Å². The average Bonchev–Trinajstić information content (AvgIpc) is 2.40. The minimum absolute atomic E-state index is 0.130. The zero-order valence-electron chi connectivity index (χ0n) is 11.0. The van der Waals surface area contributed by atoms with E-state index in [4.69, 9.17) is 5.26 Å². The summed E-state index contributed by atoms with van der Waals surface area (Å²) in [6.45, 7) is 2.25. The van der Waals surface area contributed by atoms with Gasteiger partial charge in [0.05, 0.1) is 5.56 Å². The van der Waals surface area contributed by atoms with Crippen LogP contribution in [-0.2, 0) is 0 Å². The van der Waals surface area contributed by atoms with E-state index < -0.39 is 0 Å². The normalized spacial score (nSPS) is 23.6. The molecule has 0 radical (unpaired) electrons. The maximum Gasteiger partial charge on any atom is 0.133 e. The highest BCUT2D eigenvalue weighted by Gasteiger charge is 2.24. The van der Waals surface area contributed by atoms with Crippen molar-refractivity contribution < 1.29 is 5.11 Å². The van der Waals surface area contributed by atoms with Gasteiger partial charge in [-0.05, 0) is 49.1 Å². The quantitative estimate of drug-likeness (QED) is 0.858. The summed E-state index contributed by atoms with van der Waals surface area (Å²) in [5, 5.41) is 18.9. The monoisotopic (exact) mass is 243 g/mol. The van der Waals surface area contributed by atoms with Crippen molar-refractivity contribution in [2.75, 3.05) is 0 Å². The second kappa shape index (κ2) is 5.91. The van der Waals surface area contributed by atoms with E-state index in [1.807, 2.05) is 12.1 Å². The van der Waals surface area contributed by atoms with Crippen LogP contribution >= 0.6 is 0 Å². The van der Waals surface area contributed by atoms with Crippen LogP contribution in [0.3, 0.4) is 0 Å². The summed E-state index contributed by atoms with van der Waals surface area (Å²) in [5.41, 5.74) is 1.53. The van der Waals surface area contributed by atoms with Crippen LogP contribution in [0.4, 0.5) is 0 Å². The summed E-state index contributed by atoms with van der Waals surface area (Å²) in [6, 6.07) is 7.60. The summed E-state index contributed by atoms with van der Waals surface area (Å²) in [7, 11) is 0. The first-order valence-electron chi connectivity index (χ1n) is 6.98. The van der Waals surface area contributed by atoms with Gasteiger partial charge in [0.25, 0.3) is 0 Å². The lowest BCUT2D eigenvalue weighted by Crippen LogP contribution is -2.14. The third kappa shape index (κ3) is 2.67. The molecule has 1 saturated carbocycles. The number of hydrogen-bond donors (Lipinski definition) is 1. The van der Waals surface area contributed by atoms with Gasteiger partial charge in [0.15, 0.2) is 0 Å². The van der Waals surface area contributed by atoms with Crippen molar-refractivity contribution in [1.82, 2.24) is 0 Å². The molecular weight excluding hydrogens is 222 g/mol. The lowest BCUT2D eigenvalue weighted by molar-refractivity contribution is 0.307. The Morgan fingerprint density at radius 1 is 1.28 bits per heavy atom. The van der Waals surface area contributed by atoms with E-state index in [1.54, 1.807) is 6.07 Å². The summed E-state index contributed by atoms with van der Waals surface area (Å²) in [4.78, 5) is 0. The number of nitriles is 1. The molecule has 1 fully saturated rings. The number of phenolic OH excluding ortho intramolecular Hbond substituents is 1. The number of aromatic hydroxyl groups is 1. The molecule has 0 atom stereocenters. The lowest BCUT2D eigenvalue weighted by atomic mass is 9.76. The van der Waals surface area contributed by atoms with Gasteiger partial charge >= 0.3 is 0 Å². The van der Waals surface area contributed by atoms with Gasteiger partial charge in [0.2, 0.25) is 0 Å². The zero-order valence-corrected chi connectivity index (χ0v) is 11.0. The number of rotatable bonds is 3. The Morgan fingerprint density at radius 3 is 2.61 bits per heavy atom. The fraction of sp³-hybridized carbons (Fsp3) is 0.562.